The normalized spacial score (nSPS) is 12.5. The van der Waals surface area contributed by atoms with Crippen LogP contribution in [0.1, 0.15) is 13.3 Å². The number of rotatable bonds is 13. The maximum Gasteiger partial charge on any atom is 0.279 e. The monoisotopic (exact) mass is 310 g/mol. The number of nitrogens with one attached hydrogen (secondary N) is 2. The third kappa shape index (κ3) is 9.62. The molecule has 0 aliphatic heterocycles. The van der Waals surface area contributed by atoms with Crippen molar-refractivity contribution in [3.63, 3.8) is 0 Å². The molecule has 0 unspecified atom stereocenters. The zero-order valence-electron chi connectivity index (χ0n) is 13.2. The lowest BCUT2D eigenvalue weighted by Crippen LogP contribution is -2.42. The van der Waals surface area contributed by atoms with E-state index in [0.29, 0.717) is 26.2 Å². The van der Waals surface area contributed by atoms with Crippen molar-refractivity contribution in [2.75, 3.05) is 67.1 Å². The van der Waals surface area contributed by atoms with Crippen LogP contribution in [0.3, 0.4) is 0 Å². The minimum absolute atomic E-state index is 0.403. The summed E-state index contributed by atoms with van der Waals surface area (Å²) in [5.74, 6) is 0. The summed E-state index contributed by atoms with van der Waals surface area (Å²) in [6, 6.07) is 0. The zero-order chi connectivity index (χ0) is 15.4. The molecule has 0 radical (unpaired) electrons. The highest BCUT2D eigenvalue weighted by molar-refractivity contribution is 7.87. The predicted octanol–water partition coefficient (Wildman–Crippen LogP) is -0.670. The Bertz CT molecular complexity index is 325. The highest BCUT2D eigenvalue weighted by atomic mass is 32.2. The molecule has 0 atom stereocenters. The third-order valence-electron chi connectivity index (χ3n) is 2.94. The summed E-state index contributed by atoms with van der Waals surface area (Å²) >= 11 is 0. The fourth-order valence-corrected chi connectivity index (χ4v) is 2.50. The SMILES string of the molecule is CCNCCCN(C)S(=O)(=O)NCCN(C)CCOC. The van der Waals surface area contributed by atoms with Crippen LogP contribution in [0.2, 0.25) is 0 Å². The molecular weight excluding hydrogens is 280 g/mol. The lowest BCUT2D eigenvalue weighted by molar-refractivity contribution is 0.162. The molecule has 0 saturated carbocycles. The lowest BCUT2D eigenvalue weighted by atomic mass is 10.4. The highest BCUT2D eigenvalue weighted by Gasteiger charge is 2.16. The molecule has 0 rings (SSSR count). The molecule has 0 amide bonds. The van der Waals surface area contributed by atoms with Crippen molar-refractivity contribution >= 4 is 10.2 Å². The van der Waals surface area contributed by atoms with Crippen molar-refractivity contribution < 1.29 is 13.2 Å². The molecule has 122 valence electrons. The Hall–Kier alpha value is -0.250. The number of hydrogen-bond acceptors (Lipinski definition) is 5. The first-order valence-corrected chi connectivity index (χ1v) is 8.47. The number of hydrogen-bond donors (Lipinski definition) is 2. The van der Waals surface area contributed by atoms with Crippen molar-refractivity contribution in [2.45, 2.75) is 13.3 Å². The maximum atomic E-state index is 11.9. The predicted molar refractivity (Wildman–Crippen MR) is 82.1 cm³/mol. The molecule has 0 aromatic carbocycles. The van der Waals surface area contributed by atoms with Gasteiger partial charge in [-0.15, -0.1) is 0 Å². The van der Waals surface area contributed by atoms with Gasteiger partial charge in [0, 0.05) is 40.3 Å². The minimum Gasteiger partial charge on any atom is -0.383 e. The molecule has 0 aromatic rings. The van der Waals surface area contributed by atoms with Gasteiger partial charge in [0.2, 0.25) is 0 Å². The molecule has 0 fully saturated rings. The molecule has 0 aliphatic carbocycles. The summed E-state index contributed by atoms with van der Waals surface area (Å²) in [6.45, 7) is 6.78. The number of likely N-dealkylation sites (N-methyl/N-ethyl adjacent to an activating group) is 1. The molecule has 8 heteroatoms. The second-order valence-electron chi connectivity index (χ2n) is 4.72. The van der Waals surface area contributed by atoms with E-state index in [1.165, 1.54) is 4.31 Å². The molecule has 0 spiro atoms. The first kappa shape index (κ1) is 19.8. The largest absolute Gasteiger partial charge is 0.383 e. The molecule has 7 nitrogen and oxygen atoms in total. The summed E-state index contributed by atoms with van der Waals surface area (Å²) in [5.41, 5.74) is 0. The van der Waals surface area contributed by atoms with Crippen LogP contribution in [0.4, 0.5) is 0 Å². The standard InChI is InChI=1S/C12H30N4O3S/c1-5-13-7-6-9-16(3)20(17,18)14-8-10-15(2)11-12-19-4/h13-14H,5-12H2,1-4H3. The van der Waals surface area contributed by atoms with Crippen LogP contribution in [-0.2, 0) is 14.9 Å². The van der Waals surface area contributed by atoms with E-state index in [-0.39, 0.29) is 0 Å². The molecule has 0 aliphatic rings. The topological polar surface area (TPSA) is 73.9 Å². The molecule has 20 heavy (non-hydrogen) atoms. The molecule has 0 heterocycles. The van der Waals surface area contributed by atoms with E-state index in [2.05, 4.69) is 10.0 Å². The van der Waals surface area contributed by atoms with Crippen molar-refractivity contribution in [1.82, 2.24) is 19.2 Å². The fraction of sp³-hybridized carbons (Fsp3) is 1.00. The first-order chi connectivity index (χ1) is 9.44. The first-order valence-electron chi connectivity index (χ1n) is 7.03. The van der Waals surface area contributed by atoms with Crippen LogP contribution in [0.5, 0.6) is 0 Å². The molecule has 0 saturated heterocycles. The van der Waals surface area contributed by atoms with E-state index < -0.39 is 10.2 Å². The van der Waals surface area contributed by atoms with Crippen LogP contribution in [0.25, 0.3) is 0 Å². The molecule has 2 N–H and O–H groups in total. The summed E-state index contributed by atoms with van der Waals surface area (Å²) in [4.78, 5) is 2.02. The number of methoxy groups -OCH3 is 1. The van der Waals surface area contributed by atoms with Gasteiger partial charge in [-0.25, -0.2) is 4.72 Å². The van der Waals surface area contributed by atoms with E-state index in [1.807, 2.05) is 18.9 Å². The van der Waals surface area contributed by atoms with Gasteiger partial charge in [-0.1, -0.05) is 6.92 Å². The quantitative estimate of drug-likeness (QED) is 0.441. The van der Waals surface area contributed by atoms with Gasteiger partial charge in [-0.2, -0.15) is 12.7 Å². The van der Waals surface area contributed by atoms with Crippen molar-refractivity contribution in [3.05, 3.63) is 0 Å². The summed E-state index contributed by atoms with van der Waals surface area (Å²) in [7, 11) is 1.82. The maximum absolute atomic E-state index is 11.9. The average Bonchev–Trinajstić information content (AvgIpc) is 2.40. The van der Waals surface area contributed by atoms with Crippen LogP contribution < -0.4 is 10.0 Å². The Labute approximate surface area is 123 Å². The smallest absolute Gasteiger partial charge is 0.279 e. The Kier molecular flexibility index (Phi) is 11.3. The van der Waals surface area contributed by atoms with Crippen molar-refractivity contribution in [2.24, 2.45) is 0 Å². The summed E-state index contributed by atoms with van der Waals surface area (Å²) < 4.78 is 32.8. The van der Waals surface area contributed by atoms with Crippen molar-refractivity contribution in [3.8, 4) is 0 Å². The minimum atomic E-state index is -3.37. The van der Waals surface area contributed by atoms with Gasteiger partial charge >= 0.3 is 0 Å². The van der Waals surface area contributed by atoms with Crippen LogP contribution in [0, 0.1) is 0 Å². The Balaban J connectivity index is 3.87. The van der Waals surface area contributed by atoms with E-state index >= 15 is 0 Å². The Morgan fingerprint density at radius 1 is 1.10 bits per heavy atom. The highest BCUT2D eigenvalue weighted by Crippen LogP contribution is 1.95. The van der Waals surface area contributed by atoms with E-state index in [9.17, 15) is 8.42 Å². The fourth-order valence-electron chi connectivity index (χ4n) is 1.56. The van der Waals surface area contributed by atoms with E-state index in [0.717, 1.165) is 26.1 Å². The van der Waals surface area contributed by atoms with Gasteiger partial charge in [-0.05, 0) is 26.6 Å². The number of nitrogens with zero attached hydrogens (tertiary/aromatic N) is 2. The summed E-state index contributed by atoms with van der Waals surface area (Å²) in [5, 5.41) is 3.17. The van der Waals surface area contributed by atoms with E-state index in [4.69, 9.17) is 4.74 Å². The van der Waals surface area contributed by atoms with Gasteiger partial charge in [0.25, 0.3) is 10.2 Å². The molecule has 0 bridgehead atoms. The van der Waals surface area contributed by atoms with Gasteiger partial charge in [0.05, 0.1) is 6.61 Å². The Morgan fingerprint density at radius 3 is 2.40 bits per heavy atom. The van der Waals surface area contributed by atoms with Gasteiger partial charge in [0.1, 0.15) is 0 Å². The van der Waals surface area contributed by atoms with Crippen LogP contribution >= 0.6 is 0 Å². The van der Waals surface area contributed by atoms with Gasteiger partial charge in [-0.3, -0.25) is 0 Å². The average molecular weight is 310 g/mol. The summed E-state index contributed by atoms with van der Waals surface area (Å²) in [6.07, 6.45) is 0.805. The third-order valence-corrected chi connectivity index (χ3v) is 4.51. The molecular formula is C12H30N4O3S. The second kappa shape index (κ2) is 11.4. The van der Waals surface area contributed by atoms with Crippen molar-refractivity contribution in [1.29, 1.82) is 0 Å². The second-order valence-corrected chi connectivity index (χ2v) is 6.59. The van der Waals surface area contributed by atoms with Crippen LogP contribution in [-0.4, -0.2) is 84.7 Å². The van der Waals surface area contributed by atoms with Gasteiger partial charge < -0.3 is 15.0 Å². The number of ether oxygens (including phenoxy) is 1. The van der Waals surface area contributed by atoms with Gasteiger partial charge in [0.15, 0.2) is 0 Å². The van der Waals surface area contributed by atoms with Crippen LogP contribution in [0.15, 0.2) is 0 Å². The lowest BCUT2D eigenvalue weighted by Gasteiger charge is -2.20. The van der Waals surface area contributed by atoms with E-state index in [1.54, 1.807) is 14.2 Å². The molecule has 0 aromatic heterocycles. The Morgan fingerprint density at radius 2 is 1.80 bits per heavy atom. The zero-order valence-corrected chi connectivity index (χ0v) is 14.0.